The van der Waals surface area contributed by atoms with Crippen LogP contribution >= 0.6 is 0 Å². The number of nitrogens with zero attached hydrogens (tertiary/aromatic N) is 2. The Bertz CT molecular complexity index is 770. The quantitative estimate of drug-likeness (QED) is 0.815. The number of benzene rings is 1. The van der Waals surface area contributed by atoms with Crippen LogP contribution in [0, 0.1) is 0 Å². The molecule has 0 saturated carbocycles. The number of hydrogen-bond donors (Lipinski definition) is 2. The minimum atomic E-state index is -2.89. The van der Waals surface area contributed by atoms with E-state index in [1.165, 1.54) is 6.92 Å². The molecular weight excluding hydrogens is 356 g/mol. The summed E-state index contributed by atoms with van der Waals surface area (Å²) in [4.78, 5) is 27.3. The van der Waals surface area contributed by atoms with Gasteiger partial charge in [0, 0.05) is 50.5 Å². The lowest BCUT2D eigenvalue weighted by molar-refractivity contribution is -0.114. The summed E-state index contributed by atoms with van der Waals surface area (Å²) in [5, 5.41) is 5.53. The minimum absolute atomic E-state index is 0.0894. The number of carbonyl (C=O) groups is 2. The van der Waals surface area contributed by atoms with Gasteiger partial charge in [-0.05, 0) is 30.7 Å². The van der Waals surface area contributed by atoms with Crippen molar-refractivity contribution in [3.8, 4) is 0 Å². The standard InChI is InChI=1S/C17H24N4O4S/c1-13(22)18-14-2-4-15(5-3-14)19-17(23)21-9-7-20(8-10-21)16-6-11-26(24,25)12-16/h2-5,16H,6-12H2,1H3,(H,18,22)(H,19,23). The van der Waals surface area contributed by atoms with Crippen LogP contribution in [0.25, 0.3) is 0 Å². The van der Waals surface area contributed by atoms with Crippen molar-refractivity contribution in [3.05, 3.63) is 24.3 Å². The molecule has 142 valence electrons. The first-order valence-corrected chi connectivity index (χ1v) is 10.5. The minimum Gasteiger partial charge on any atom is -0.326 e. The van der Waals surface area contributed by atoms with Gasteiger partial charge < -0.3 is 15.5 Å². The van der Waals surface area contributed by atoms with Crippen LogP contribution in [0.1, 0.15) is 13.3 Å². The molecular formula is C17H24N4O4S. The third kappa shape index (κ3) is 4.73. The molecule has 1 unspecified atom stereocenters. The predicted molar refractivity (Wildman–Crippen MR) is 100.0 cm³/mol. The predicted octanol–water partition coefficient (Wildman–Crippen LogP) is 0.982. The first-order valence-electron chi connectivity index (χ1n) is 8.70. The highest BCUT2D eigenvalue weighted by atomic mass is 32.2. The SMILES string of the molecule is CC(=O)Nc1ccc(NC(=O)N2CCN(C3CCS(=O)(=O)C3)CC2)cc1. The molecule has 0 aliphatic carbocycles. The lowest BCUT2D eigenvalue weighted by atomic mass is 10.2. The van der Waals surface area contributed by atoms with Crippen molar-refractivity contribution in [2.24, 2.45) is 0 Å². The third-order valence-corrected chi connectivity index (χ3v) is 6.53. The zero-order chi connectivity index (χ0) is 18.7. The van der Waals surface area contributed by atoms with Gasteiger partial charge in [-0.25, -0.2) is 13.2 Å². The maximum atomic E-state index is 12.4. The van der Waals surface area contributed by atoms with Crippen molar-refractivity contribution < 1.29 is 18.0 Å². The van der Waals surface area contributed by atoms with Gasteiger partial charge in [0.25, 0.3) is 0 Å². The first kappa shape index (κ1) is 18.7. The molecule has 3 rings (SSSR count). The van der Waals surface area contributed by atoms with Gasteiger partial charge in [-0.2, -0.15) is 0 Å². The zero-order valence-electron chi connectivity index (χ0n) is 14.8. The lowest BCUT2D eigenvalue weighted by Gasteiger charge is -2.37. The van der Waals surface area contributed by atoms with Gasteiger partial charge in [0.1, 0.15) is 0 Å². The van der Waals surface area contributed by atoms with Crippen molar-refractivity contribution in [1.29, 1.82) is 0 Å². The smallest absolute Gasteiger partial charge is 0.321 e. The molecule has 2 N–H and O–H groups in total. The second kappa shape index (κ2) is 7.63. The molecule has 1 aromatic rings. The molecule has 1 atom stereocenters. The Balaban J connectivity index is 1.48. The Hall–Kier alpha value is -2.13. The molecule has 1 aromatic carbocycles. The molecule has 8 nitrogen and oxygen atoms in total. The number of piperazine rings is 1. The number of hydrogen-bond acceptors (Lipinski definition) is 5. The Morgan fingerprint density at radius 2 is 1.58 bits per heavy atom. The van der Waals surface area contributed by atoms with Gasteiger partial charge in [-0.3, -0.25) is 9.69 Å². The molecule has 3 amide bonds. The van der Waals surface area contributed by atoms with Crippen LogP contribution in [0.4, 0.5) is 16.2 Å². The van der Waals surface area contributed by atoms with Gasteiger partial charge in [0.2, 0.25) is 5.91 Å². The molecule has 0 radical (unpaired) electrons. The van der Waals surface area contributed by atoms with Gasteiger partial charge in [-0.1, -0.05) is 0 Å². The summed E-state index contributed by atoms with van der Waals surface area (Å²) in [5.41, 5.74) is 1.34. The molecule has 2 heterocycles. The van der Waals surface area contributed by atoms with Crippen LogP contribution in [-0.4, -0.2) is 73.9 Å². The maximum Gasteiger partial charge on any atom is 0.321 e. The summed E-state index contributed by atoms with van der Waals surface area (Å²) in [6, 6.07) is 6.86. The van der Waals surface area contributed by atoms with E-state index in [2.05, 4.69) is 15.5 Å². The van der Waals surface area contributed by atoms with E-state index in [0.717, 1.165) is 0 Å². The van der Waals surface area contributed by atoms with Gasteiger partial charge in [0.05, 0.1) is 11.5 Å². The van der Waals surface area contributed by atoms with E-state index in [-0.39, 0.29) is 29.5 Å². The molecule has 0 bridgehead atoms. The van der Waals surface area contributed by atoms with Crippen molar-refractivity contribution >= 4 is 33.2 Å². The fourth-order valence-electron chi connectivity index (χ4n) is 3.40. The van der Waals surface area contributed by atoms with E-state index in [1.54, 1.807) is 29.2 Å². The highest BCUT2D eigenvalue weighted by Crippen LogP contribution is 2.20. The topological polar surface area (TPSA) is 98.8 Å². The highest BCUT2D eigenvalue weighted by Gasteiger charge is 2.34. The first-order chi connectivity index (χ1) is 12.3. The molecule has 9 heteroatoms. The molecule has 2 fully saturated rings. The zero-order valence-corrected chi connectivity index (χ0v) is 15.6. The molecule has 2 aliphatic rings. The number of rotatable bonds is 3. The summed E-state index contributed by atoms with van der Waals surface area (Å²) >= 11 is 0. The molecule has 2 aliphatic heterocycles. The Kier molecular flexibility index (Phi) is 5.47. The third-order valence-electron chi connectivity index (χ3n) is 4.78. The van der Waals surface area contributed by atoms with Gasteiger partial charge in [0.15, 0.2) is 9.84 Å². The summed E-state index contributed by atoms with van der Waals surface area (Å²) in [6.07, 6.45) is 0.690. The van der Waals surface area contributed by atoms with Crippen LogP contribution in [0.15, 0.2) is 24.3 Å². The van der Waals surface area contributed by atoms with Crippen molar-refractivity contribution in [2.75, 3.05) is 48.3 Å². The van der Waals surface area contributed by atoms with E-state index in [4.69, 9.17) is 0 Å². The Morgan fingerprint density at radius 1 is 1.00 bits per heavy atom. The number of urea groups is 1. The normalized spacial score (nSPS) is 22.8. The van der Waals surface area contributed by atoms with E-state index in [9.17, 15) is 18.0 Å². The monoisotopic (exact) mass is 380 g/mol. The fourth-order valence-corrected chi connectivity index (χ4v) is 5.16. The van der Waals surface area contributed by atoms with Crippen LogP contribution in [0.3, 0.4) is 0 Å². The second-order valence-electron chi connectivity index (χ2n) is 6.77. The van der Waals surface area contributed by atoms with E-state index in [0.29, 0.717) is 44.0 Å². The van der Waals surface area contributed by atoms with Crippen LogP contribution < -0.4 is 10.6 Å². The van der Waals surface area contributed by atoms with Crippen molar-refractivity contribution in [3.63, 3.8) is 0 Å². The number of nitrogens with one attached hydrogen (secondary N) is 2. The van der Waals surface area contributed by atoms with E-state index < -0.39 is 9.84 Å². The molecule has 2 saturated heterocycles. The number of carbonyl (C=O) groups excluding carboxylic acids is 2. The maximum absolute atomic E-state index is 12.4. The summed E-state index contributed by atoms with van der Waals surface area (Å²) in [7, 11) is -2.89. The van der Waals surface area contributed by atoms with Crippen LogP contribution in [0.2, 0.25) is 0 Å². The van der Waals surface area contributed by atoms with E-state index >= 15 is 0 Å². The Labute approximate surface area is 153 Å². The summed E-state index contributed by atoms with van der Waals surface area (Å²) in [6.45, 7) is 3.97. The summed E-state index contributed by atoms with van der Waals surface area (Å²) in [5.74, 6) is 0.363. The lowest BCUT2D eigenvalue weighted by Crippen LogP contribution is -2.53. The average Bonchev–Trinajstić information content (AvgIpc) is 2.96. The number of amides is 3. The average molecular weight is 380 g/mol. The molecule has 26 heavy (non-hydrogen) atoms. The largest absolute Gasteiger partial charge is 0.326 e. The highest BCUT2D eigenvalue weighted by molar-refractivity contribution is 7.91. The Morgan fingerprint density at radius 3 is 2.08 bits per heavy atom. The van der Waals surface area contributed by atoms with Crippen molar-refractivity contribution in [1.82, 2.24) is 9.80 Å². The number of sulfone groups is 1. The van der Waals surface area contributed by atoms with Crippen LogP contribution in [-0.2, 0) is 14.6 Å². The van der Waals surface area contributed by atoms with Gasteiger partial charge >= 0.3 is 6.03 Å². The molecule has 0 aromatic heterocycles. The van der Waals surface area contributed by atoms with Crippen molar-refractivity contribution in [2.45, 2.75) is 19.4 Å². The summed E-state index contributed by atoms with van der Waals surface area (Å²) < 4.78 is 23.2. The second-order valence-corrected chi connectivity index (χ2v) is 9.00. The van der Waals surface area contributed by atoms with E-state index in [1.807, 2.05) is 0 Å². The van der Waals surface area contributed by atoms with Crippen LogP contribution in [0.5, 0.6) is 0 Å². The fraction of sp³-hybridized carbons (Fsp3) is 0.529. The number of anilines is 2. The van der Waals surface area contributed by atoms with Gasteiger partial charge in [-0.15, -0.1) is 0 Å². The molecule has 0 spiro atoms.